The Labute approximate surface area is 212 Å². The highest BCUT2D eigenvalue weighted by Crippen LogP contribution is 2.46. The van der Waals surface area contributed by atoms with E-state index in [1.165, 1.54) is 75.4 Å². The van der Waals surface area contributed by atoms with Crippen LogP contribution in [0.4, 0.5) is 0 Å². The standard InChI is InChI=1S/C36H20O/c1-3-13-25-21(9-1)23-11-5-7-15-27(23)33-29(25)19-20-32-35(33)31-18-17-30-26-14-4-2-10-22(26)24-12-6-8-16-28(24)34(30)36(31)37-32/h1-20H. The molecule has 1 heteroatoms. The largest absolute Gasteiger partial charge is 0.455 e. The summed E-state index contributed by atoms with van der Waals surface area (Å²) in [5.41, 5.74) is 1.91. The molecule has 0 aliphatic carbocycles. The summed E-state index contributed by atoms with van der Waals surface area (Å²) in [4.78, 5) is 0. The van der Waals surface area contributed by atoms with Crippen LogP contribution in [0.3, 0.4) is 0 Å². The van der Waals surface area contributed by atoms with Gasteiger partial charge in [0.2, 0.25) is 0 Å². The minimum absolute atomic E-state index is 0.938. The van der Waals surface area contributed by atoms with Gasteiger partial charge < -0.3 is 4.42 Å². The lowest BCUT2D eigenvalue weighted by atomic mass is 9.90. The van der Waals surface area contributed by atoms with Crippen LogP contribution < -0.4 is 0 Å². The van der Waals surface area contributed by atoms with Crippen LogP contribution in [0.25, 0.3) is 86.6 Å². The molecule has 0 amide bonds. The van der Waals surface area contributed by atoms with Crippen LogP contribution in [0, 0.1) is 0 Å². The number of fused-ring (bicyclic) bond motifs is 17. The molecule has 1 heterocycles. The summed E-state index contributed by atoms with van der Waals surface area (Å²) in [6.45, 7) is 0. The number of hydrogen-bond acceptors (Lipinski definition) is 1. The average molecular weight is 469 g/mol. The number of benzene rings is 8. The molecule has 0 bridgehead atoms. The summed E-state index contributed by atoms with van der Waals surface area (Å²) in [7, 11) is 0. The zero-order valence-corrected chi connectivity index (χ0v) is 20.0. The van der Waals surface area contributed by atoms with Gasteiger partial charge in [-0.25, -0.2) is 0 Å². The third-order valence-corrected chi connectivity index (χ3v) is 8.21. The van der Waals surface area contributed by atoms with Crippen LogP contribution in [-0.2, 0) is 0 Å². The fraction of sp³-hybridized carbons (Fsp3) is 0. The van der Waals surface area contributed by atoms with Crippen LogP contribution in [0.5, 0.6) is 0 Å². The van der Waals surface area contributed by atoms with Gasteiger partial charge in [-0.2, -0.15) is 0 Å². The molecule has 0 radical (unpaired) electrons. The van der Waals surface area contributed by atoms with Crippen molar-refractivity contribution in [3.63, 3.8) is 0 Å². The van der Waals surface area contributed by atoms with Crippen molar-refractivity contribution in [2.45, 2.75) is 0 Å². The first-order valence-corrected chi connectivity index (χ1v) is 12.8. The van der Waals surface area contributed by atoms with Crippen molar-refractivity contribution in [3.05, 3.63) is 121 Å². The highest BCUT2D eigenvalue weighted by atomic mass is 16.3. The Morgan fingerprint density at radius 3 is 1.16 bits per heavy atom. The normalized spacial score (nSPS) is 12.3. The van der Waals surface area contributed by atoms with E-state index in [1.807, 2.05) is 0 Å². The molecule has 0 N–H and O–H groups in total. The van der Waals surface area contributed by atoms with E-state index in [0.29, 0.717) is 0 Å². The maximum atomic E-state index is 6.79. The van der Waals surface area contributed by atoms with Crippen molar-refractivity contribution in [2.24, 2.45) is 0 Å². The number of rotatable bonds is 0. The van der Waals surface area contributed by atoms with Crippen LogP contribution in [0.2, 0.25) is 0 Å². The van der Waals surface area contributed by atoms with Crippen molar-refractivity contribution in [2.75, 3.05) is 0 Å². The van der Waals surface area contributed by atoms with E-state index in [-0.39, 0.29) is 0 Å². The van der Waals surface area contributed by atoms with Crippen molar-refractivity contribution in [1.82, 2.24) is 0 Å². The second-order valence-corrected chi connectivity index (χ2v) is 10.0. The summed E-state index contributed by atoms with van der Waals surface area (Å²) in [5, 5.41) is 17.5. The van der Waals surface area contributed by atoms with E-state index >= 15 is 0 Å². The van der Waals surface area contributed by atoms with Gasteiger partial charge in [0, 0.05) is 21.5 Å². The van der Waals surface area contributed by atoms with Crippen molar-refractivity contribution < 1.29 is 4.42 Å². The Balaban J connectivity index is 1.59. The Kier molecular flexibility index (Phi) is 3.59. The minimum atomic E-state index is 0.938. The second kappa shape index (κ2) is 6.87. The SMILES string of the molecule is c1ccc2c(c1)c1ccccc1c1c2ccc2c1oc1ccc3c4ccccc4c4ccccc4c3c12. The lowest BCUT2D eigenvalue weighted by molar-refractivity contribution is 0.673. The van der Waals surface area contributed by atoms with Crippen LogP contribution in [-0.4, -0.2) is 0 Å². The van der Waals surface area contributed by atoms with Gasteiger partial charge in [0.1, 0.15) is 11.2 Å². The van der Waals surface area contributed by atoms with E-state index in [4.69, 9.17) is 4.42 Å². The summed E-state index contributed by atoms with van der Waals surface area (Å²) < 4.78 is 6.79. The second-order valence-electron chi connectivity index (χ2n) is 10.0. The molecule has 8 aromatic carbocycles. The van der Waals surface area contributed by atoms with E-state index in [0.717, 1.165) is 11.2 Å². The maximum absolute atomic E-state index is 6.79. The Morgan fingerprint density at radius 1 is 0.270 bits per heavy atom. The van der Waals surface area contributed by atoms with Gasteiger partial charge in [-0.1, -0.05) is 103 Å². The first-order valence-electron chi connectivity index (χ1n) is 12.8. The van der Waals surface area contributed by atoms with Crippen LogP contribution >= 0.6 is 0 Å². The highest BCUT2D eigenvalue weighted by molar-refractivity contribution is 6.38. The average Bonchev–Trinajstić information content (AvgIpc) is 3.36. The molecule has 9 aromatic rings. The molecule has 0 aliphatic heterocycles. The van der Waals surface area contributed by atoms with E-state index in [2.05, 4.69) is 121 Å². The maximum Gasteiger partial charge on any atom is 0.143 e. The molecule has 1 nitrogen and oxygen atoms in total. The first kappa shape index (κ1) is 19.3. The molecule has 1 aromatic heterocycles. The molecular weight excluding hydrogens is 448 g/mol. The molecule has 170 valence electrons. The van der Waals surface area contributed by atoms with Gasteiger partial charge in [0.05, 0.1) is 0 Å². The minimum Gasteiger partial charge on any atom is -0.455 e. The molecule has 0 saturated carbocycles. The summed E-state index contributed by atoms with van der Waals surface area (Å²) >= 11 is 0. The van der Waals surface area contributed by atoms with Gasteiger partial charge >= 0.3 is 0 Å². The zero-order valence-electron chi connectivity index (χ0n) is 20.0. The monoisotopic (exact) mass is 468 g/mol. The zero-order chi connectivity index (χ0) is 24.1. The van der Waals surface area contributed by atoms with E-state index < -0.39 is 0 Å². The molecule has 0 unspecified atom stereocenters. The number of furan rings is 1. The molecule has 0 atom stereocenters. The molecule has 9 rings (SSSR count). The van der Waals surface area contributed by atoms with Crippen molar-refractivity contribution in [1.29, 1.82) is 0 Å². The predicted octanol–water partition coefficient (Wildman–Crippen LogP) is 10.5. The Hall–Kier alpha value is -4.88. The lowest BCUT2D eigenvalue weighted by Gasteiger charge is -2.11. The molecule has 0 aliphatic rings. The van der Waals surface area contributed by atoms with E-state index in [9.17, 15) is 0 Å². The summed E-state index contributed by atoms with van der Waals surface area (Å²) in [6.07, 6.45) is 0. The molecule has 37 heavy (non-hydrogen) atoms. The smallest absolute Gasteiger partial charge is 0.143 e. The lowest BCUT2D eigenvalue weighted by Crippen LogP contribution is -1.84. The van der Waals surface area contributed by atoms with Crippen LogP contribution in [0.15, 0.2) is 126 Å². The molecule has 0 saturated heterocycles. The summed E-state index contributed by atoms with van der Waals surface area (Å²) in [5.74, 6) is 0. The number of hydrogen-bond donors (Lipinski definition) is 0. The third-order valence-electron chi connectivity index (χ3n) is 8.21. The van der Waals surface area contributed by atoms with Gasteiger partial charge in [0.15, 0.2) is 0 Å². The Morgan fingerprint density at radius 2 is 0.622 bits per heavy atom. The highest BCUT2D eigenvalue weighted by Gasteiger charge is 2.19. The van der Waals surface area contributed by atoms with Crippen molar-refractivity contribution >= 4 is 86.6 Å². The predicted molar refractivity (Wildman–Crippen MR) is 159 cm³/mol. The quantitative estimate of drug-likeness (QED) is 0.202. The van der Waals surface area contributed by atoms with Crippen LogP contribution in [0.1, 0.15) is 0 Å². The van der Waals surface area contributed by atoms with Gasteiger partial charge in [-0.05, 0) is 72.1 Å². The van der Waals surface area contributed by atoms with Crippen molar-refractivity contribution in [3.8, 4) is 0 Å². The fourth-order valence-corrected chi connectivity index (χ4v) is 6.71. The Bertz CT molecular complexity index is 2340. The van der Waals surface area contributed by atoms with E-state index in [1.54, 1.807) is 0 Å². The fourth-order valence-electron chi connectivity index (χ4n) is 6.71. The van der Waals surface area contributed by atoms with Gasteiger partial charge in [-0.3, -0.25) is 0 Å². The molecule has 0 spiro atoms. The topological polar surface area (TPSA) is 13.1 Å². The first-order chi connectivity index (χ1) is 18.4. The van der Waals surface area contributed by atoms with Gasteiger partial charge in [-0.15, -0.1) is 0 Å². The third kappa shape index (κ3) is 2.39. The molecular formula is C36H20O. The summed E-state index contributed by atoms with van der Waals surface area (Å²) in [6, 6.07) is 43.9. The molecule has 0 fully saturated rings. The van der Waals surface area contributed by atoms with Gasteiger partial charge in [0.25, 0.3) is 0 Å².